The van der Waals surface area contributed by atoms with E-state index >= 15 is 0 Å². The van der Waals surface area contributed by atoms with Gasteiger partial charge >= 0.3 is 0 Å². The molecule has 7 rings (SSSR count). The molecule has 3 aromatic carbocycles. The standard InChI is InChI=1S/C24H25N/c1-18(22-5-3-2-4-6-22)25-24-17-21-12-11-19-7-9-20(10-8-19)13-15-23(24)16-14-21/h2-10,14,16-18,25H,11-13,15H2,1H3/t18-/m0/s1. The fourth-order valence-corrected chi connectivity index (χ4v) is 3.63. The lowest BCUT2D eigenvalue weighted by Crippen LogP contribution is -2.10. The third-order valence-corrected chi connectivity index (χ3v) is 5.25. The van der Waals surface area contributed by atoms with Crippen molar-refractivity contribution in [3.05, 3.63) is 101 Å². The minimum atomic E-state index is 0.307. The normalized spacial score (nSPS) is 14.6. The quantitative estimate of drug-likeness (QED) is 0.646. The van der Waals surface area contributed by atoms with Crippen LogP contribution in [0.25, 0.3) is 0 Å². The Morgan fingerprint density at radius 1 is 0.680 bits per heavy atom. The van der Waals surface area contributed by atoms with Crippen LogP contribution in [0.5, 0.6) is 0 Å². The molecule has 3 aromatic rings. The van der Waals surface area contributed by atoms with Crippen molar-refractivity contribution in [2.45, 2.75) is 38.6 Å². The van der Waals surface area contributed by atoms with Gasteiger partial charge in [-0.15, -0.1) is 0 Å². The highest BCUT2D eigenvalue weighted by molar-refractivity contribution is 5.55. The molecule has 126 valence electrons. The van der Waals surface area contributed by atoms with Gasteiger partial charge in [0.05, 0.1) is 0 Å². The Kier molecular flexibility index (Phi) is 4.56. The lowest BCUT2D eigenvalue weighted by atomic mass is 9.95. The molecule has 1 N–H and O–H groups in total. The lowest BCUT2D eigenvalue weighted by Gasteiger charge is -2.20. The van der Waals surface area contributed by atoms with E-state index in [1.54, 1.807) is 0 Å². The van der Waals surface area contributed by atoms with Gasteiger partial charge in [-0.3, -0.25) is 0 Å². The molecule has 1 heteroatoms. The summed E-state index contributed by atoms with van der Waals surface area (Å²) in [7, 11) is 0. The molecule has 1 nitrogen and oxygen atoms in total. The van der Waals surface area contributed by atoms with Gasteiger partial charge < -0.3 is 5.32 Å². The number of benzene rings is 3. The van der Waals surface area contributed by atoms with Gasteiger partial charge in [0.2, 0.25) is 0 Å². The zero-order chi connectivity index (χ0) is 17.1. The average Bonchev–Trinajstić information content (AvgIpc) is 2.65. The molecule has 0 saturated heterocycles. The Labute approximate surface area is 150 Å². The van der Waals surface area contributed by atoms with Crippen LogP contribution in [0.3, 0.4) is 0 Å². The van der Waals surface area contributed by atoms with Gasteiger partial charge in [-0.1, -0.05) is 66.7 Å². The molecule has 0 aromatic heterocycles. The molecule has 0 unspecified atom stereocenters. The Morgan fingerprint density at radius 2 is 1.28 bits per heavy atom. The van der Waals surface area contributed by atoms with Crippen LogP contribution in [0, 0.1) is 0 Å². The van der Waals surface area contributed by atoms with Gasteiger partial charge in [0, 0.05) is 11.7 Å². The van der Waals surface area contributed by atoms with Crippen LogP contribution in [-0.4, -0.2) is 0 Å². The molecular weight excluding hydrogens is 302 g/mol. The second-order valence-corrected chi connectivity index (χ2v) is 7.08. The third-order valence-electron chi connectivity index (χ3n) is 5.25. The van der Waals surface area contributed by atoms with Gasteiger partial charge in [0.25, 0.3) is 0 Å². The van der Waals surface area contributed by atoms with Crippen molar-refractivity contribution in [1.29, 1.82) is 0 Å². The van der Waals surface area contributed by atoms with Gasteiger partial charge in [-0.05, 0) is 66.5 Å². The first-order chi connectivity index (χ1) is 12.3. The minimum Gasteiger partial charge on any atom is -0.378 e. The van der Waals surface area contributed by atoms with E-state index in [0.717, 1.165) is 25.7 Å². The van der Waals surface area contributed by atoms with Crippen molar-refractivity contribution in [3.8, 4) is 0 Å². The molecule has 0 spiro atoms. The maximum atomic E-state index is 3.76. The number of nitrogens with one attached hydrogen (secondary N) is 1. The van der Waals surface area contributed by atoms with E-state index in [9.17, 15) is 0 Å². The number of hydrogen-bond acceptors (Lipinski definition) is 1. The van der Waals surface area contributed by atoms with Crippen LogP contribution in [0.2, 0.25) is 0 Å². The summed E-state index contributed by atoms with van der Waals surface area (Å²) in [6.07, 6.45) is 4.36. The number of hydrogen-bond donors (Lipinski definition) is 1. The first-order valence-corrected chi connectivity index (χ1v) is 9.29. The lowest BCUT2D eigenvalue weighted by molar-refractivity contribution is 0.866. The smallest absolute Gasteiger partial charge is 0.0485 e. The van der Waals surface area contributed by atoms with E-state index in [1.165, 1.54) is 33.5 Å². The summed E-state index contributed by atoms with van der Waals surface area (Å²) in [5, 5.41) is 3.76. The maximum absolute atomic E-state index is 3.76. The van der Waals surface area contributed by atoms with Crippen LogP contribution >= 0.6 is 0 Å². The van der Waals surface area contributed by atoms with Crippen molar-refractivity contribution in [2.75, 3.05) is 5.32 Å². The Bertz CT molecular complexity index is 834. The van der Waals surface area contributed by atoms with Crippen LogP contribution in [0.1, 0.15) is 40.8 Å². The number of aryl methyl sites for hydroxylation is 4. The van der Waals surface area contributed by atoms with E-state index in [-0.39, 0.29) is 0 Å². The monoisotopic (exact) mass is 327 g/mol. The summed E-state index contributed by atoms with van der Waals surface area (Å²) in [4.78, 5) is 0. The summed E-state index contributed by atoms with van der Waals surface area (Å²) in [6, 6.07) is 27.2. The first kappa shape index (κ1) is 16.0. The molecule has 0 radical (unpaired) electrons. The van der Waals surface area contributed by atoms with E-state index in [0.29, 0.717) is 6.04 Å². The summed E-state index contributed by atoms with van der Waals surface area (Å²) in [5.74, 6) is 0. The largest absolute Gasteiger partial charge is 0.378 e. The van der Waals surface area contributed by atoms with E-state index in [4.69, 9.17) is 0 Å². The van der Waals surface area contributed by atoms with Gasteiger partial charge in [-0.25, -0.2) is 0 Å². The van der Waals surface area contributed by atoms with E-state index < -0.39 is 0 Å². The first-order valence-electron chi connectivity index (χ1n) is 9.29. The van der Waals surface area contributed by atoms with Crippen molar-refractivity contribution < 1.29 is 0 Å². The van der Waals surface area contributed by atoms with Crippen molar-refractivity contribution in [3.63, 3.8) is 0 Å². The Morgan fingerprint density at radius 3 is 2.00 bits per heavy atom. The van der Waals surface area contributed by atoms with E-state index in [2.05, 4.69) is 85.0 Å². The van der Waals surface area contributed by atoms with Crippen molar-refractivity contribution >= 4 is 5.69 Å². The summed E-state index contributed by atoms with van der Waals surface area (Å²) in [6.45, 7) is 2.24. The van der Waals surface area contributed by atoms with Crippen molar-refractivity contribution in [1.82, 2.24) is 0 Å². The number of rotatable bonds is 3. The summed E-state index contributed by atoms with van der Waals surface area (Å²) < 4.78 is 0. The molecule has 4 aliphatic carbocycles. The molecule has 25 heavy (non-hydrogen) atoms. The molecule has 4 aliphatic rings. The third kappa shape index (κ3) is 3.76. The number of anilines is 1. The van der Waals surface area contributed by atoms with Gasteiger partial charge in [0.15, 0.2) is 0 Å². The highest BCUT2D eigenvalue weighted by atomic mass is 14.9. The van der Waals surface area contributed by atoms with Gasteiger partial charge in [-0.2, -0.15) is 0 Å². The predicted octanol–water partition coefficient (Wildman–Crippen LogP) is 5.74. The minimum absolute atomic E-state index is 0.307. The van der Waals surface area contributed by atoms with Crippen LogP contribution in [0.4, 0.5) is 5.69 Å². The molecule has 0 aliphatic heterocycles. The second-order valence-electron chi connectivity index (χ2n) is 7.08. The predicted molar refractivity (Wildman–Crippen MR) is 106 cm³/mol. The highest BCUT2D eigenvalue weighted by Crippen LogP contribution is 2.26. The molecule has 4 bridgehead atoms. The zero-order valence-corrected chi connectivity index (χ0v) is 14.8. The van der Waals surface area contributed by atoms with Gasteiger partial charge in [0.1, 0.15) is 0 Å². The van der Waals surface area contributed by atoms with Crippen molar-refractivity contribution in [2.24, 2.45) is 0 Å². The molecule has 1 atom stereocenters. The Hall–Kier alpha value is -2.54. The maximum Gasteiger partial charge on any atom is 0.0485 e. The molecular formula is C24H25N. The van der Waals surface area contributed by atoms with Crippen LogP contribution in [0.15, 0.2) is 72.8 Å². The fraction of sp³-hybridized carbons (Fsp3) is 0.250. The van der Waals surface area contributed by atoms with E-state index in [1.807, 2.05) is 0 Å². The SMILES string of the molecule is C[C@H](Nc1cc2ccc1CCc1ccc(cc1)CC2)c1ccccc1. The Balaban J connectivity index is 1.62. The molecule has 0 saturated carbocycles. The van der Waals surface area contributed by atoms with Crippen LogP contribution < -0.4 is 5.32 Å². The topological polar surface area (TPSA) is 12.0 Å². The summed E-state index contributed by atoms with van der Waals surface area (Å²) >= 11 is 0. The summed E-state index contributed by atoms with van der Waals surface area (Å²) in [5.41, 5.74) is 8.31. The second kappa shape index (κ2) is 7.14. The highest BCUT2D eigenvalue weighted by Gasteiger charge is 2.11. The fourth-order valence-electron chi connectivity index (χ4n) is 3.63. The average molecular weight is 327 g/mol. The molecule has 0 heterocycles. The van der Waals surface area contributed by atoms with Crippen LogP contribution in [-0.2, 0) is 25.7 Å². The zero-order valence-electron chi connectivity index (χ0n) is 14.8. The molecule has 0 fully saturated rings. The molecule has 0 amide bonds.